The monoisotopic (exact) mass is 269 g/mol. The van der Waals surface area contributed by atoms with Crippen molar-refractivity contribution in [1.82, 2.24) is 4.37 Å². The Morgan fingerprint density at radius 1 is 1.33 bits per heavy atom. The first-order valence-electron chi connectivity index (χ1n) is 6.76. The summed E-state index contributed by atoms with van der Waals surface area (Å²) in [6.07, 6.45) is 5.48. The molecule has 1 heterocycles. The Bertz CT molecular complexity index is 386. The quantitative estimate of drug-likeness (QED) is 0.859. The van der Waals surface area contributed by atoms with Crippen molar-refractivity contribution in [1.29, 1.82) is 0 Å². The van der Waals surface area contributed by atoms with Gasteiger partial charge in [-0.05, 0) is 51.1 Å². The van der Waals surface area contributed by atoms with E-state index < -0.39 is 0 Å². The minimum atomic E-state index is 0.117. The fraction of sp³-hybridized carbons (Fsp3) is 0.769. The smallest absolute Gasteiger partial charge is 0.197 e. The largest absolute Gasteiger partial charge is 0.484 e. The van der Waals surface area contributed by atoms with Gasteiger partial charge in [0.15, 0.2) is 16.6 Å². The van der Waals surface area contributed by atoms with Gasteiger partial charge in [-0.25, -0.2) is 0 Å². The molecule has 1 atom stereocenters. The van der Waals surface area contributed by atoms with Crippen molar-refractivity contribution in [2.45, 2.75) is 58.6 Å². The molecule has 0 saturated heterocycles. The molecule has 1 saturated carbocycles. The lowest BCUT2D eigenvalue weighted by atomic mass is 10.00. The number of ether oxygens (including phenoxy) is 1. The summed E-state index contributed by atoms with van der Waals surface area (Å²) in [5.41, 5.74) is 5.85. The standard InChI is InChI=1S/C13H23N3OS/c1-8(2)17-11-12(14)16-18-13(11)15-9(3)10-6-4-5-7-10/h8-10,15H,4-7H2,1-3H3,(H2,14,16). The molecule has 0 bridgehead atoms. The molecule has 0 aromatic carbocycles. The zero-order valence-corrected chi connectivity index (χ0v) is 12.2. The molecule has 1 fully saturated rings. The SMILES string of the molecule is CC(C)Oc1c(N)nsc1NC(C)C1CCCC1. The number of anilines is 2. The van der Waals surface area contributed by atoms with Gasteiger partial charge >= 0.3 is 0 Å². The van der Waals surface area contributed by atoms with E-state index >= 15 is 0 Å². The third-order valence-electron chi connectivity index (χ3n) is 3.49. The van der Waals surface area contributed by atoms with E-state index in [2.05, 4.69) is 16.6 Å². The van der Waals surface area contributed by atoms with Gasteiger partial charge in [-0.1, -0.05) is 12.8 Å². The molecule has 4 nitrogen and oxygen atoms in total. The Balaban J connectivity index is 2.03. The second-order valence-corrected chi connectivity index (χ2v) is 6.14. The van der Waals surface area contributed by atoms with Crippen molar-refractivity contribution in [2.24, 2.45) is 5.92 Å². The summed E-state index contributed by atoms with van der Waals surface area (Å²) in [6.45, 7) is 6.24. The van der Waals surface area contributed by atoms with Crippen molar-refractivity contribution >= 4 is 22.4 Å². The van der Waals surface area contributed by atoms with E-state index in [4.69, 9.17) is 10.5 Å². The van der Waals surface area contributed by atoms with Crippen LogP contribution in [0.2, 0.25) is 0 Å². The highest BCUT2D eigenvalue weighted by molar-refractivity contribution is 7.11. The first-order valence-corrected chi connectivity index (χ1v) is 7.53. The number of rotatable bonds is 5. The van der Waals surface area contributed by atoms with E-state index in [0.717, 1.165) is 16.7 Å². The summed E-state index contributed by atoms with van der Waals surface area (Å²) in [6, 6.07) is 0.460. The third kappa shape index (κ3) is 3.07. The van der Waals surface area contributed by atoms with E-state index in [1.807, 2.05) is 13.8 Å². The van der Waals surface area contributed by atoms with E-state index in [-0.39, 0.29) is 6.10 Å². The van der Waals surface area contributed by atoms with Gasteiger partial charge in [0.05, 0.1) is 6.10 Å². The molecule has 3 N–H and O–H groups in total. The molecule has 1 unspecified atom stereocenters. The topological polar surface area (TPSA) is 60.2 Å². The van der Waals surface area contributed by atoms with Crippen LogP contribution in [-0.4, -0.2) is 16.5 Å². The van der Waals surface area contributed by atoms with Gasteiger partial charge in [0.1, 0.15) is 0 Å². The van der Waals surface area contributed by atoms with E-state index in [0.29, 0.717) is 11.9 Å². The average Bonchev–Trinajstić information content (AvgIpc) is 2.93. The van der Waals surface area contributed by atoms with Crippen molar-refractivity contribution in [2.75, 3.05) is 11.1 Å². The van der Waals surface area contributed by atoms with Crippen LogP contribution < -0.4 is 15.8 Å². The van der Waals surface area contributed by atoms with Crippen LogP contribution in [0.25, 0.3) is 0 Å². The second kappa shape index (κ2) is 5.78. The number of nitrogens with two attached hydrogens (primary N) is 1. The van der Waals surface area contributed by atoms with E-state index in [1.54, 1.807) is 0 Å². The number of hydrogen-bond donors (Lipinski definition) is 2. The maximum absolute atomic E-state index is 5.85. The van der Waals surface area contributed by atoms with Crippen molar-refractivity contribution in [3.05, 3.63) is 0 Å². The van der Waals surface area contributed by atoms with Gasteiger partial charge in [-0.15, -0.1) is 0 Å². The molecule has 0 radical (unpaired) electrons. The van der Waals surface area contributed by atoms with Gasteiger partial charge in [0.2, 0.25) is 0 Å². The van der Waals surface area contributed by atoms with Crippen LogP contribution in [-0.2, 0) is 0 Å². The first kappa shape index (κ1) is 13.5. The normalized spacial score (nSPS) is 18.2. The summed E-state index contributed by atoms with van der Waals surface area (Å²) < 4.78 is 9.92. The van der Waals surface area contributed by atoms with Crippen LogP contribution in [0.3, 0.4) is 0 Å². The Hall–Kier alpha value is -0.970. The average molecular weight is 269 g/mol. The van der Waals surface area contributed by atoms with Gasteiger partial charge in [-0.3, -0.25) is 0 Å². The summed E-state index contributed by atoms with van der Waals surface area (Å²) in [5.74, 6) is 1.98. The van der Waals surface area contributed by atoms with Crippen LogP contribution >= 0.6 is 11.5 Å². The van der Waals surface area contributed by atoms with Gasteiger partial charge in [0.25, 0.3) is 0 Å². The van der Waals surface area contributed by atoms with Crippen LogP contribution in [0.4, 0.5) is 10.8 Å². The van der Waals surface area contributed by atoms with E-state index in [1.165, 1.54) is 37.2 Å². The second-order valence-electron chi connectivity index (χ2n) is 5.37. The third-order valence-corrected chi connectivity index (χ3v) is 4.27. The van der Waals surface area contributed by atoms with Crippen molar-refractivity contribution in [3.8, 4) is 5.75 Å². The Morgan fingerprint density at radius 2 is 2.00 bits per heavy atom. The van der Waals surface area contributed by atoms with Crippen LogP contribution in [0.15, 0.2) is 0 Å². The lowest BCUT2D eigenvalue weighted by Crippen LogP contribution is -2.23. The maximum atomic E-state index is 5.85. The number of hydrogen-bond acceptors (Lipinski definition) is 5. The Kier molecular flexibility index (Phi) is 4.32. The fourth-order valence-electron chi connectivity index (χ4n) is 2.52. The highest BCUT2D eigenvalue weighted by atomic mass is 32.1. The van der Waals surface area contributed by atoms with E-state index in [9.17, 15) is 0 Å². The molecule has 1 aromatic heterocycles. The molecule has 5 heteroatoms. The number of aromatic nitrogens is 1. The minimum Gasteiger partial charge on any atom is -0.484 e. The molecule has 1 aliphatic rings. The molecule has 1 aromatic rings. The van der Waals surface area contributed by atoms with Crippen LogP contribution in [0.1, 0.15) is 46.5 Å². The molecular weight excluding hydrogens is 246 g/mol. The molecule has 102 valence electrons. The molecule has 2 rings (SSSR count). The highest BCUT2D eigenvalue weighted by Crippen LogP contribution is 2.38. The van der Waals surface area contributed by atoms with Gasteiger partial charge < -0.3 is 15.8 Å². The summed E-state index contributed by atoms with van der Waals surface area (Å²) in [4.78, 5) is 0. The zero-order chi connectivity index (χ0) is 13.1. The molecule has 0 spiro atoms. The van der Waals surface area contributed by atoms with Crippen molar-refractivity contribution in [3.63, 3.8) is 0 Å². The lowest BCUT2D eigenvalue weighted by Gasteiger charge is -2.21. The summed E-state index contributed by atoms with van der Waals surface area (Å²) >= 11 is 1.39. The molecular formula is C13H23N3OS. The fourth-order valence-corrected chi connectivity index (χ4v) is 3.26. The molecule has 1 aliphatic carbocycles. The summed E-state index contributed by atoms with van der Waals surface area (Å²) in [5, 5.41) is 4.50. The first-order chi connectivity index (χ1) is 8.58. The summed E-state index contributed by atoms with van der Waals surface area (Å²) in [7, 11) is 0. The Morgan fingerprint density at radius 3 is 2.61 bits per heavy atom. The predicted octanol–water partition coefficient (Wildman–Crippen LogP) is 3.50. The predicted molar refractivity (Wildman–Crippen MR) is 77.3 cm³/mol. The molecule has 18 heavy (non-hydrogen) atoms. The maximum Gasteiger partial charge on any atom is 0.197 e. The zero-order valence-electron chi connectivity index (χ0n) is 11.4. The van der Waals surface area contributed by atoms with Crippen LogP contribution in [0.5, 0.6) is 5.75 Å². The Labute approximate surface area is 113 Å². The molecule has 0 aliphatic heterocycles. The number of nitrogen functional groups attached to an aromatic ring is 1. The highest BCUT2D eigenvalue weighted by Gasteiger charge is 2.24. The lowest BCUT2D eigenvalue weighted by molar-refractivity contribution is 0.245. The minimum absolute atomic E-state index is 0.117. The number of nitrogens with one attached hydrogen (secondary N) is 1. The number of nitrogens with zero attached hydrogens (tertiary/aromatic N) is 1. The van der Waals surface area contributed by atoms with Crippen molar-refractivity contribution < 1.29 is 4.74 Å². The molecule has 0 amide bonds. The van der Waals surface area contributed by atoms with Crippen LogP contribution in [0, 0.1) is 5.92 Å². The van der Waals surface area contributed by atoms with Gasteiger partial charge in [0, 0.05) is 6.04 Å². The van der Waals surface area contributed by atoms with Gasteiger partial charge in [-0.2, -0.15) is 4.37 Å².